The minimum Gasteiger partial charge on any atom is -0.506 e. The average Bonchev–Trinajstić information content (AvgIpc) is 2.27. The van der Waals surface area contributed by atoms with E-state index in [1.165, 1.54) is 5.56 Å². The van der Waals surface area contributed by atoms with Crippen LogP contribution in [0.25, 0.3) is 0 Å². The number of benzene rings is 2. The number of rotatable bonds is 2. The van der Waals surface area contributed by atoms with Gasteiger partial charge in [0.05, 0.1) is 5.69 Å². The molecule has 2 aromatic rings. The molecule has 2 aromatic carbocycles. The van der Waals surface area contributed by atoms with Gasteiger partial charge in [0.2, 0.25) is 0 Å². The van der Waals surface area contributed by atoms with E-state index in [1.54, 1.807) is 23.9 Å². The van der Waals surface area contributed by atoms with Gasteiger partial charge in [-0.3, -0.25) is 0 Å². The highest BCUT2D eigenvalue weighted by Gasteiger charge is 2.01. The van der Waals surface area contributed by atoms with E-state index in [-0.39, 0.29) is 18.2 Å². The monoisotopic (exact) mass is 267 g/mol. The van der Waals surface area contributed by atoms with E-state index >= 15 is 0 Å². The van der Waals surface area contributed by atoms with Crippen molar-refractivity contribution in [2.75, 3.05) is 5.73 Å². The van der Waals surface area contributed by atoms with Gasteiger partial charge in [0.15, 0.2) is 0 Å². The van der Waals surface area contributed by atoms with Gasteiger partial charge in [-0.05, 0) is 37.3 Å². The predicted octanol–water partition coefficient (Wildman–Crippen LogP) is 3.86. The zero-order chi connectivity index (χ0) is 11.5. The lowest BCUT2D eigenvalue weighted by molar-refractivity contribution is 0.477. The third-order valence-corrected chi connectivity index (χ3v) is 3.25. The molecule has 0 aliphatic rings. The van der Waals surface area contributed by atoms with Crippen molar-refractivity contribution >= 4 is 29.9 Å². The van der Waals surface area contributed by atoms with Gasteiger partial charge in [-0.1, -0.05) is 29.5 Å². The number of hydrogen-bond acceptors (Lipinski definition) is 3. The number of nitrogens with two attached hydrogens (primary N) is 1. The van der Waals surface area contributed by atoms with Crippen molar-refractivity contribution in [1.82, 2.24) is 0 Å². The van der Waals surface area contributed by atoms with Crippen LogP contribution in [0.1, 0.15) is 5.56 Å². The van der Waals surface area contributed by atoms with Gasteiger partial charge in [0.25, 0.3) is 0 Å². The lowest BCUT2D eigenvalue weighted by atomic mass is 10.2. The normalized spacial score (nSPS) is 9.71. The van der Waals surface area contributed by atoms with E-state index < -0.39 is 0 Å². The van der Waals surface area contributed by atoms with Gasteiger partial charge < -0.3 is 10.8 Å². The van der Waals surface area contributed by atoms with Crippen LogP contribution in [0.15, 0.2) is 52.3 Å². The van der Waals surface area contributed by atoms with Gasteiger partial charge in [0.1, 0.15) is 5.75 Å². The highest BCUT2D eigenvalue weighted by Crippen LogP contribution is 2.31. The summed E-state index contributed by atoms with van der Waals surface area (Å²) in [6.07, 6.45) is 0. The van der Waals surface area contributed by atoms with Crippen molar-refractivity contribution in [2.24, 2.45) is 0 Å². The van der Waals surface area contributed by atoms with E-state index in [0.29, 0.717) is 5.69 Å². The van der Waals surface area contributed by atoms with E-state index in [4.69, 9.17) is 5.73 Å². The molecule has 0 bridgehead atoms. The Kier molecular flexibility index (Phi) is 4.73. The number of anilines is 1. The van der Waals surface area contributed by atoms with Crippen LogP contribution in [0, 0.1) is 6.92 Å². The Morgan fingerprint density at radius 3 is 2.18 bits per heavy atom. The largest absolute Gasteiger partial charge is 0.506 e. The Hall–Kier alpha value is -1.32. The summed E-state index contributed by atoms with van der Waals surface area (Å²) < 4.78 is 0. The maximum Gasteiger partial charge on any atom is 0.138 e. The minimum atomic E-state index is 0. The Bertz CT molecular complexity index is 499. The van der Waals surface area contributed by atoms with Gasteiger partial charge in [0, 0.05) is 9.79 Å². The zero-order valence-corrected chi connectivity index (χ0v) is 11.0. The first kappa shape index (κ1) is 13.7. The second-order valence-corrected chi connectivity index (χ2v) is 4.78. The third kappa shape index (κ3) is 3.58. The second kappa shape index (κ2) is 5.84. The predicted molar refractivity (Wildman–Crippen MR) is 75.1 cm³/mol. The zero-order valence-electron chi connectivity index (χ0n) is 9.38. The van der Waals surface area contributed by atoms with Crippen LogP contribution in [0.2, 0.25) is 0 Å². The smallest absolute Gasteiger partial charge is 0.138 e. The van der Waals surface area contributed by atoms with Crippen LogP contribution < -0.4 is 5.73 Å². The highest BCUT2D eigenvalue weighted by molar-refractivity contribution is 7.99. The van der Waals surface area contributed by atoms with E-state index in [0.717, 1.165) is 9.79 Å². The Balaban J connectivity index is 0.00000144. The van der Waals surface area contributed by atoms with Crippen molar-refractivity contribution in [3.63, 3.8) is 0 Å². The number of nitrogen functional groups attached to an aromatic ring is 1. The molecule has 0 aromatic heterocycles. The Morgan fingerprint density at radius 2 is 1.59 bits per heavy atom. The van der Waals surface area contributed by atoms with Crippen molar-refractivity contribution < 1.29 is 5.11 Å². The topological polar surface area (TPSA) is 46.2 Å². The fourth-order valence-electron chi connectivity index (χ4n) is 1.34. The first-order chi connectivity index (χ1) is 7.65. The van der Waals surface area contributed by atoms with Gasteiger partial charge in [-0.25, -0.2) is 0 Å². The quantitative estimate of drug-likeness (QED) is 0.642. The molecule has 3 N–H and O–H groups in total. The van der Waals surface area contributed by atoms with E-state index in [1.807, 2.05) is 6.07 Å². The molecule has 2 rings (SSSR count). The van der Waals surface area contributed by atoms with Gasteiger partial charge >= 0.3 is 0 Å². The molecule has 0 aliphatic carbocycles. The first-order valence-corrected chi connectivity index (χ1v) is 5.80. The van der Waals surface area contributed by atoms with Crippen molar-refractivity contribution in [1.29, 1.82) is 0 Å². The maximum absolute atomic E-state index is 9.31. The molecule has 0 heterocycles. The Labute approximate surface area is 111 Å². The first-order valence-electron chi connectivity index (χ1n) is 4.98. The summed E-state index contributed by atoms with van der Waals surface area (Å²) in [4.78, 5) is 2.19. The molecule has 0 aliphatic heterocycles. The third-order valence-electron chi connectivity index (χ3n) is 2.26. The second-order valence-electron chi connectivity index (χ2n) is 3.64. The van der Waals surface area contributed by atoms with Crippen LogP contribution in [-0.4, -0.2) is 5.11 Å². The molecule has 0 fully saturated rings. The lowest BCUT2D eigenvalue weighted by Gasteiger charge is -2.04. The summed E-state index contributed by atoms with van der Waals surface area (Å²) in [6.45, 7) is 2.06. The molecule has 0 radical (unpaired) electrons. The van der Waals surface area contributed by atoms with Crippen molar-refractivity contribution in [2.45, 2.75) is 16.7 Å². The van der Waals surface area contributed by atoms with Crippen LogP contribution in [0.3, 0.4) is 0 Å². The molecule has 0 unspecified atom stereocenters. The maximum atomic E-state index is 9.31. The van der Waals surface area contributed by atoms with Gasteiger partial charge in [-0.15, -0.1) is 12.4 Å². The average molecular weight is 268 g/mol. The number of halogens is 1. The van der Waals surface area contributed by atoms with Crippen molar-refractivity contribution in [3.8, 4) is 5.75 Å². The van der Waals surface area contributed by atoms with Crippen LogP contribution >= 0.6 is 24.2 Å². The summed E-state index contributed by atoms with van der Waals surface area (Å²) >= 11 is 1.63. The molecule has 0 saturated heterocycles. The van der Waals surface area contributed by atoms with Crippen LogP contribution in [0.5, 0.6) is 5.75 Å². The molecule has 0 amide bonds. The molecule has 17 heavy (non-hydrogen) atoms. The summed E-state index contributed by atoms with van der Waals surface area (Å²) in [5, 5.41) is 9.31. The summed E-state index contributed by atoms with van der Waals surface area (Å²) in [5.74, 6) is 0.133. The summed E-state index contributed by atoms with van der Waals surface area (Å²) in [5.41, 5.74) is 7.29. The lowest BCUT2D eigenvalue weighted by Crippen LogP contribution is -1.85. The standard InChI is InChI=1S/C13H13NOS.ClH/c1-9-2-4-10(5-3-9)16-11-6-7-13(15)12(14)8-11;/h2-8,15H,14H2,1H3;1H. The molecule has 4 heteroatoms. The number of phenols is 1. The summed E-state index contributed by atoms with van der Waals surface area (Å²) in [7, 11) is 0. The number of aromatic hydroxyl groups is 1. The molecule has 0 spiro atoms. The van der Waals surface area contributed by atoms with Crippen molar-refractivity contribution in [3.05, 3.63) is 48.0 Å². The van der Waals surface area contributed by atoms with E-state index in [9.17, 15) is 5.11 Å². The van der Waals surface area contributed by atoms with Crippen LogP contribution in [-0.2, 0) is 0 Å². The molecule has 0 atom stereocenters. The number of aryl methyl sites for hydroxylation is 1. The molecule has 90 valence electrons. The molecular weight excluding hydrogens is 254 g/mol. The minimum absolute atomic E-state index is 0. The number of phenolic OH excluding ortho intramolecular Hbond substituents is 1. The molecular formula is C13H14ClNOS. The highest BCUT2D eigenvalue weighted by atomic mass is 35.5. The molecule has 2 nitrogen and oxygen atoms in total. The fourth-order valence-corrected chi connectivity index (χ4v) is 2.20. The van der Waals surface area contributed by atoms with Gasteiger partial charge in [-0.2, -0.15) is 0 Å². The fraction of sp³-hybridized carbons (Fsp3) is 0.0769. The van der Waals surface area contributed by atoms with Crippen LogP contribution in [0.4, 0.5) is 5.69 Å². The summed E-state index contributed by atoms with van der Waals surface area (Å²) in [6, 6.07) is 13.5. The SMILES string of the molecule is Cc1ccc(Sc2ccc(O)c(N)c2)cc1.Cl. The van der Waals surface area contributed by atoms with E-state index in [2.05, 4.69) is 31.2 Å². The number of hydrogen-bond donors (Lipinski definition) is 2. The molecule has 0 saturated carbocycles. The Morgan fingerprint density at radius 1 is 1.00 bits per heavy atom.